The van der Waals surface area contributed by atoms with Crippen LogP contribution in [0, 0.1) is 5.82 Å². The highest BCUT2D eigenvalue weighted by Gasteiger charge is 2.24. The molecule has 178 valence electrons. The molecule has 2 N–H and O–H groups in total. The number of aliphatic imine (C=N–C) groups is 1. The fraction of sp³-hybridized carbons (Fsp3) is 0.115. The molecule has 3 aromatic carbocycles. The third kappa shape index (κ3) is 6.27. The lowest BCUT2D eigenvalue weighted by molar-refractivity contribution is -0.115. The Morgan fingerprint density at radius 3 is 2.49 bits per heavy atom. The first kappa shape index (κ1) is 24.0. The number of thioether (sulfide) groups is 1. The molecule has 0 unspecified atom stereocenters. The molecule has 1 fully saturated rings. The maximum absolute atomic E-state index is 13.1. The van der Waals surface area contributed by atoms with Gasteiger partial charge in [0.15, 0.2) is 16.7 Å². The number of amidine groups is 1. The number of carbonyl (C=O) groups excluding carboxylic acids is 1. The summed E-state index contributed by atoms with van der Waals surface area (Å²) in [6.45, 7) is 2.52. The van der Waals surface area contributed by atoms with Crippen molar-refractivity contribution < 1.29 is 28.6 Å². The predicted octanol–water partition coefficient (Wildman–Crippen LogP) is 5.39. The van der Waals surface area contributed by atoms with Crippen molar-refractivity contribution in [2.75, 3.05) is 6.61 Å². The number of ether oxygens (including phenoxy) is 2. The molecule has 7 nitrogen and oxygen atoms in total. The quantitative estimate of drug-likeness (QED) is 0.409. The fourth-order valence-corrected chi connectivity index (χ4v) is 4.01. The van der Waals surface area contributed by atoms with E-state index in [1.54, 1.807) is 36.4 Å². The molecule has 0 bridgehead atoms. The van der Waals surface area contributed by atoms with Crippen LogP contribution in [0.2, 0.25) is 0 Å². The summed E-state index contributed by atoms with van der Waals surface area (Å²) in [6, 6.07) is 17.5. The van der Waals surface area contributed by atoms with Gasteiger partial charge in [0.1, 0.15) is 12.4 Å². The van der Waals surface area contributed by atoms with Gasteiger partial charge < -0.3 is 19.9 Å². The zero-order valence-corrected chi connectivity index (χ0v) is 19.5. The van der Waals surface area contributed by atoms with E-state index in [4.69, 9.17) is 14.6 Å². The molecule has 0 aromatic heterocycles. The molecular formula is C26H21FN2O5S. The van der Waals surface area contributed by atoms with Crippen LogP contribution in [0.25, 0.3) is 6.08 Å². The number of benzene rings is 3. The van der Waals surface area contributed by atoms with Gasteiger partial charge in [0, 0.05) is 0 Å². The molecule has 0 atom stereocenters. The van der Waals surface area contributed by atoms with E-state index in [0.717, 1.165) is 11.1 Å². The number of amides is 1. The fourth-order valence-electron chi connectivity index (χ4n) is 3.17. The minimum Gasteiger partial charge on any atom is -0.490 e. The Bertz CT molecular complexity index is 1300. The first-order chi connectivity index (χ1) is 16.9. The Morgan fingerprint density at radius 1 is 1.06 bits per heavy atom. The van der Waals surface area contributed by atoms with Crippen molar-refractivity contribution in [1.29, 1.82) is 0 Å². The Kier molecular flexibility index (Phi) is 7.47. The number of nitrogens with zero attached hydrogens (tertiary/aromatic N) is 1. The molecule has 9 heteroatoms. The van der Waals surface area contributed by atoms with E-state index in [1.807, 2.05) is 6.92 Å². The summed E-state index contributed by atoms with van der Waals surface area (Å²) in [7, 11) is 0. The molecule has 1 aliphatic rings. The summed E-state index contributed by atoms with van der Waals surface area (Å²) in [5.74, 6) is -0.569. The second-order valence-corrected chi connectivity index (χ2v) is 8.42. The van der Waals surface area contributed by atoms with Crippen LogP contribution in [0.1, 0.15) is 28.4 Å². The predicted molar refractivity (Wildman–Crippen MR) is 133 cm³/mol. The van der Waals surface area contributed by atoms with Gasteiger partial charge in [-0.15, -0.1) is 0 Å². The first-order valence-corrected chi connectivity index (χ1v) is 11.5. The van der Waals surface area contributed by atoms with Crippen LogP contribution in [0.15, 0.2) is 76.6 Å². The van der Waals surface area contributed by atoms with Crippen molar-refractivity contribution >= 4 is 40.6 Å². The molecule has 4 rings (SSSR count). The van der Waals surface area contributed by atoms with Crippen molar-refractivity contribution in [3.63, 3.8) is 0 Å². The van der Waals surface area contributed by atoms with E-state index in [0.29, 0.717) is 33.9 Å². The molecule has 1 aliphatic heterocycles. The molecule has 0 radical (unpaired) electrons. The van der Waals surface area contributed by atoms with E-state index in [9.17, 15) is 14.0 Å². The van der Waals surface area contributed by atoms with Gasteiger partial charge in [-0.3, -0.25) is 4.79 Å². The third-order valence-corrected chi connectivity index (χ3v) is 5.78. The van der Waals surface area contributed by atoms with Gasteiger partial charge in [-0.25, -0.2) is 14.2 Å². The number of halogens is 1. The molecular weight excluding hydrogens is 471 g/mol. The minimum absolute atomic E-state index is 0.209. The Balaban J connectivity index is 1.48. The molecule has 35 heavy (non-hydrogen) atoms. The molecule has 0 spiro atoms. The van der Waals surface area contributed by atoms with E-state index < -0.39 is 5.97 Å². The van der Waals surface area contributed by atoms with Crippen LogP contribution in [-0.4, -0.2) is 28.8 Å². The third-order valence-electron chi connectivity index (χ3n) is 4.87. The maximum atomic E-state index is 13.1. The molecule has 1 saturated heterocycles. The van der Waals surface area contributed by atoms with Crippen LogP contribution >= 0.6 is 11.8 Å². The highest BCUT2D eigenvalue weighted by molar-refractivity contribution is 8.18. The minimum atomic E-state index is -0.983. The van der Waals surface area contributed by atoms with Crippen LogP contribution in [0.4, 0.5) is 10.1 Å². The van der Waals surface area contributed by atoms with Crippen molar-refractivity contribution in [3.8, 4) is 11.5 Å². The number of hydrogen-bond donors (Lipinski definition) is 2. The Labute approximate surface area is 205 Å². The summed E-state index contributed by atoms with van der Waals surface area (Å²) < 4.78 is 24.7. The standard InChI is InChI=1S/C26H21FN2O5S/c1-2-33-22-13-17(5-12-21(22)34-15-16-3-6-18(7-4-16)25(31)32)14-23-24(30)29-26(35-23)28-20-10-8-19(27)9-11-20/h3-14H,2,15H2,1H3,(H,31,32)(H,28,29,30)/b23-14+. The number of carboxylic acids is 1. The van der Waals surface area contributed by atoms with Gasteiger partial charge in [-0.05, 0) is 84.4 Å². The number of carbonyl (C=O) groups is 2. The average Bonchev–Trinajstić information content (AvgIpc) is 3.18. The van der Waals surface area contributed by atoms with Crippen LogP contribution in [-0.2, 0) is 11.4 Å². The zero-order valence-electron chi connectivity index (χ0n) is 18.7. The monoisotopic (exact) mass is 492 g/mol. The molecule has 1 amide bonds. The lowest BCUT2D eigenvalue weighted by atomic mass is 10.1. The van der Waals surface area contributed by atoms with Crippen LogP contribution in [0.3, 0.4) is 0 Å². The number of nitrogens with one attached hydrogen (secondary N) is 1. The SMILES string of the molecule is CCOc1cc(/C=C2/SC(=Nc3ccc(F)cc3)NC2=O)ccc1OCc1ccc(C(=O)O)cc1. The number of hydrogen-bond acceptors (Lipinski definition) is 6. The molecule has 0 saturated carbocycles. The van der Waals surface area contributed by atoms with Crippen molar-refractivity contribution in [2.24, 2.45) is 4.99 Å². The second kappa shape index (κ2) is 10.9. The van der Waals surface area contributed by atoms with Crippen molar-refractivity contribution in [1.82, 2.24) is 5.32 Å². The first-order valence-electron chi connectivity index (χ1n) is 10.7. The largest absolute Gasteiger partial charge is 0.490 e. The highest BCUT2D eigenvalue weighted by Crippen LogP contribution is 2.33. The normalized spacial score (nSPS) is 15.3. The van der Waals surface area contributed by atoms with Crippen LogP contribution in [0.5, 0.6) is 11.5 Å². The Morgan fingerprint density at radius 2 is 1.80 bits per heavy atom. The zero-order chi connectivity index (χ0) is 24.8. The van der Waals surface area contributed by atoms with Crippen LogP contribution < -0.4 is 14.8 Å². The second-order valence-electron chi connectivity index (χ2n) is 7.39. The number of carboxylic acid groups (broad SMARTS) is 1. The summed E-state index contributed by atoms with van der Waals surface area (Å²) in [5.41, 5.74) is 2.30. The van der Waals surface area contributed by atoms with Crippen molar-refractivity contribution in [2.45, 2.75) is 13.5 Å². The highest BCUT2D eigenvalue weighted by atomic mass is 32.2. The lowest BCUT2D eigenvalue weighted by Gasteiger charge is -2.13. The maximum Gasteiger partial charge on any atom is 0.335 e. The van der Waals surface area contributed by atoms with E-state index in [-0.39, 0.29) is 23.9 Å². The van der Waals surface area contributed by atoms with E-state index in [2.05, 4.69) is 10.3 Å². The van der Waals surface area contributed by atoms with Gasteiger partial charge in [-0.2, -0.15) is 0 Å². The summed E-state index contributed by atoms with van der Waals surface area (Å²) in [5, 5.41) is 12.1. The van der Waals surface area contributed by atoms with E-state index >= 15 is 0 Å². The average molecular weight is 493 g/mol. The lowest BCUT2D eigenvalue weighted by Crippen LogP contribution is -2.19. The summed E-state index contributed by atoms with van der Waals surface area (Å²) in [6.07, 6.45) is 1.73. The van der Waals surface area contributed by atoms with Crippen molar-refractivity contribution in [3.05, 3.63) is 94.1 Å². The van der Waals surface area contributed by atoms with Gasteiger partial charge >= 0.3 is 5.97 Å². The van der Waals surface area contributed by atoms with Gasteiger partial charge in [0.2, 0.25) is 0 Å². The Hall–Kier alpha value is -4.11. The number of aromatic carboxylic acids is 1. The molecule has 1 heterocycles. The smallest absolute Gasteiger partial charge is 0.335 e. The number of rotatable bonds is 8. The summed E-state index contributed by atoms with van der Waals surface area (Å²) >= 11 is 1.19. The summed E-state index contributed by atoms with van der Waals surface area (Å²) in [4.78, 5) is 28.2. The van der Waals surface area contributed by atoms with Gasteiger partial charge in [-0.1, -0.05) is 18.2 Å². The molecule has 3 aromatic rings. The van der Waals surface area contributed by atoms with E-state index in [1.165, 1.54) is 48.2 Å². The van der Waals surface area contributed by atoms with Gasteiger partial charge in [0.25, 0.3) is 5.91 Å². The van der Waals surface area contributed by atoms with Gasteiger partial charge in [0.05, 0.1) is 22.8 Å². The molecule has 0 aliphatic carbocycles. The topological polar surface area (TPSA) is 97.2 Å².